The number of likely N-dealkylation sites (tertiary alicyclic amines) is 1. The zero-order chi connectivity index (χ0) is 18.8. The molecule has 4 rings (SSSR count). The molecule has 3 aromatic rings. The van der Waals surface area contributed by atoms with Gasteiger partial charge in [-0.15, -0.1) is 0 Å². The van der Waals surface area contributed by atoms with Gasteiger partial charge in [0.1, 0.15) is 11.6 Å². The summed E-state index contributed by atoms with van der Waals surface area (Å²) < 4.78 is 31.4. The molecule has 27 heavy (non-hydrogen) atoms. The van der Waals surface area contributed by atoms with E-state index in [4.69, 9.17) is 4.52 Å². The summed E-state index contributed by atoms with van der Waals surface area (Å²) in [6.45, 7) is 1.11. The summed E-state index contributed by atoms with van der Waals surface area (Å²) in [6, 6.07) is 11.4. The molecule has 1 aliphatic rings. The Morgan fingerprint density at radius 3 is 2.41 bits per heavy atom. The van der Waals surface area contributed by atoms with Crippen LogP contribution in [0.2, 0.25) is 0 Å². The van der Waals surface area contributed by atoms with Crippen molar-refractivity contribution >= 4 is 5.91 Å². The van der Waals surface area contributed by atoms with Gasteiger partial charge in [-0.2, -0.15) is 4.98 Å². The molecule has 0 spiro atoms. The van der Waals surface area contributed by atoms with Gasteiger partial charge in [-0.25, -0.2) is 8.78 Å². The molecule has 2 heterocycles. The van der Waals surface area contributed by atoms with Crippen molar-refractivity contribution in [1.82, 2.24) is 15.0 Å². The largest absolute Gasteiger partial charge is 0.338 e. The smallest absolute Gasteiger partial charge is 0.257 e. The number of nitrogens with zero attached hydrogens (tertiary/aromatic N) is 3. The van der Waals surface area contributed by atoms with Crippen LogP contribution in [-0.4, -0.2) is 34.0 Å². The third kappa shape index (κ3) is 3.72. The summed E-state index contributed by atoms with van der Waals surface area (Å²) in [7, 11) is 0. The summed E-state index contributed by atoms with van der Waals surface area (Å²) in [5.74, 6) is -0.0233. The molecule has 1 atom stereocenters. The number of amides is 1. The zero-order valence-electron chi connectivity index (χ0n) is 14.4. The predicted octanol–water partition coefficient (Wildman–Crippen LogP) is 4.03. The molecule has 2 aromatic carbocycles. The molecule has 0 N–H and O–H groups in total. The Balaban J connectivity index is 1.49. The summed E-state index contributed by atoms with van der Waals surface area (Å²) in [5.41, 5.74) is 1.10. The maximum absolute atomic E-state index is 13.1. The lowest BCUT2D eigenvalue weighted by Crippen LogP contribution is -2.39. The number of carbonyl (C=O) groups is 1. The van der Waals surface area contributed by atoms with Crippen LogP contribution in [0.15, 0.2) is 53.1 Å². The fourth-order valence-electron chi connectivity index (χ4n) is 3.26. The van der Waals surface area contributed by atoms with E-state index >= 15 is 0 Å². The molecule has 0 saturated carbocycles. The van der Waals surface area contributed by atoms with Gasteiger partial charge >= 0.3 is 0 Å². The molecule has 1 amide bonds. The van der Waals surface area contributed by atoms with Gasteiger partial charge < -0.3 is 9.42 Å². The van der Waals surface area contributed by atoms with Crippen LogP contribution in [0.5, 0.6) is 0 Å². The van der Waals surface area contributed by atoms with E-state index in [-0.39, 0.29) is 23.5 Å². The Bertz CT molecular complexity index is 939. The Morgan fingerprint density at radius 1 is 1.04 bits per heavy atom. The minimum Gasteiger partial charge on any atom is -0.338 e. The number of benzene rings is 2. The van der Waals surface area contributed by atoms with Crippen LogP contribution in [0.25, 0.3) is 11.5 Å². The minimum absolute atomic E-state index is 0.0407. The fourth-order valence-corrected chi connectivity index (χ4v) is 3.26. The topological polar surface area (TPSA) is 59.2 Å². The third-order valence-corrected chi connectivity index (χ3v) is 4.70. The minimum atomic E-state index is -0.372. The number of hydrogen-bond donors (Lipinski definition) is 0. The lowest BCUT2D eigenvalue weighted by molar-refractivity contribution is 0.0703. The number of carbonyl (C=O) groups excluding carboxylic acids is 1. The van der Waals surface area contributed by atoms with Gasteiger partial charge in [0.15, 0.2) is 5.82 Å². The van der Waals surface area contributed by atoms with Crippen molar-refractivity contribution in [3.8, 4) is 11.5 Å². The van der Waals surface area contributed by atoms with Gasteiger partial charge in [0.25, 0.3) is 11.8 Å². The highest BCUT2D eigenvalue weighted by atomic mass is 19.1. The molecule has 1 fully saturated rings. The number of halogens is 2. The molecule has 0 radical (unpaired) electrons. The van der Waals surface area contributed by atoms with E-state index in [2.05, 4.69) is 10.1 Å². The highest BCUT2D eigenvalue weighted by Crippen LogP contribution is 2.28. The van der Waals surface area contributed by atoms with E-state index in [9.17, 15) is 13.6 Å². The predicted molar refractivity (Wildman–Crippen MR) is 94.0 cm³/mol. The van der Waals surface area contributed by atoms with Gasteiger partial charge in [0.05, 0.1) is 0 Å². The van der Waals surface area contributed by atoms with Crippen molar-refractivity contribution in [3.63, 3.8) is 0 Å². The van der Waals surface area contributed by atoms with Gasteiger partial charge in [-0.3, -0.25) is 4.79 Å². The zero-order valence-corrected chi connectivity index (χ0v) is 14.4. The molecule has 0 unspecified atom stereocenters. The molecule has 7 heteroatoms. The van der Waals surface area contributed by atoms with E-state index < -0.39 is 0 Å². The molecular formula is C20H17F2N3O2. The van der Waals surface area contributed by atoms with Crippen LogP contribution in [0.1, 0.15) is 34.9 Å². The van der Waals surface area contributed by atoms with Gasteiger partial charge in [0, 0.05) is 30.1 Å². The van der Waals surface area contributed by atoms with E-state index in [0.29, 0.717) is 35.9 Å². The highest BCUT2D eigenvalue weighted by molar-refractivity contribution is 5.94. The van der Waals surface area contributed by atoms with Gasteiger partial charge in [-0.05, 0) is 61.4 Å². The van der Waals surface area contributed by atoms with Crippen LogP contribution < -0.4 is 0 Å². The average molecular weight is 369 g/mol. The summed E-state index contributed by atoms with van der Waals surface area (Å²) in [4.78, 5) is 18.8. The Morgan fingerprint density at radius 2 is 1.70 bits per heavy atom. The summed E-state index contributed by atoms with van der Waals surface area (Å²) >= 11 is 0. The maximum Gasteiger partial charge on any atom is 0.257 e. The van der Waals surface area contributed by atoms with Crippen molar-refractivity contribution in [2.24, 2.45) is 0 Å². The Kier molecular flexibility index (Phi) is 4.66. The molecule has 1 aliphatic heterocycles. The van der Waals surface area contributed by atoms with Crippen molar-refractivity contribution < 1.29 is 18.1 Å². The van der Waals surface area contributed by atoms with Crippen LogP contribution in [0, 0.1) is 11.6 Å². The van der Waals surface area contributed by atoms with Crippen LogP contribution in [0.4, 0.5) is 8.78 Å². The first-order valence-electron chi connectivity index (χ1n) is 8.74. The second kappa shape index (κ2) is 7.26. The first kappa shape index (κ1) is 17.3. The molecule has 138 valence electrons. The SMILES string of the molecule is O=C(c1ccc(F)cc1)N1CCC[C@H](c2noc(-c3ccc(F)cc3)n2)C1. The summed E-state index contributed by atoms with van der Waals surface area (Å²) in [5, 5.41) is 4.05. The molecule has 1 saturated heterocycles. The Hall–Kier alpha value is -3.09. The van der Waals surface area contributed by atoms with Crippen molar-refractivity contribution in [1.29, 1.82) is 0 Å². The fraction of sp³-hybridized carbons (Fsp3) is 0.250. The number of hydrogen-bond acceptors (Lipinski definition) is 4. The molecule has 0 bridgehead atoms. The van der Waals surface area contributed by atoms with Gasteiger partial charge in [0.2, 0.25) is 0 Å². The number of rotatable bonds is 3. The third-order valence-electron chi connectivity index (χ3n) is 4.70. The van der Waals surface area contributed by atoms with Crippen LogP contribution in [0.3, 0.4) is 0 Å². The number of aromatic nitrogens is 2. The molecule has 0 aliphatic carbocycles. The van der Waals surface area contributed by atoms with Crippen molar-refractivity contribution in [2.45, 2.75) is 18.8 Å². The summed E-state index contributed by atoms with van der Waals surface area (Å²) in [6.07, 6.45) is 1.66. The van der Waals surface area contributed by atoms with Crippen molar-refractivity contribution in [2.75, 3.05) is 13.1 Å². The van der Waals surface area contributed by atoms with Crippen LogP contribution >= 0.6 is 0 Å². The van der Waals surface area contributed by atoms with Crippen LogP contribution in [-0.2, 0) is 0 Å². The normalized spacial score (nSPS) is 17.1. The molecule has 5 nitrogen and oxygen atoms in total. The molecule has 1 aromatic heterocycles. The lowest BCUT2D eigenvalue weighted by atomic mass is 9.96. The van der Waals surface area contributed by atoms with Gasteiger partial charge in [-0.1, -0.05) is 5.16 Å². The van der Waals surface area contributed by atoms with Crippen molar-refractivity contribution in [3.05, 3.63) is 71.6 Å². The lowest BCUT2D eigenvalue weighted by Gasteiger charge is -2.31. The first-order valence-corrected chi connectivity index (χ1v) is 8.74. The second-order valence-corrected chi connectivity index (χ2v) is 6.56. The van der Waals surface area contributed by atoms with E-state index in [0.717, 1.165) is 12.8 Å². The van der Waals surface area contributed by atoms with E-state index in [1.54, 1.807) is 17.0 Å². The van der Waals surface area contributed by atoms with E-state index in [1.165, 1.54) is 36.4 Å². The standard InChI is InChI=1S/C20H17F2N3O2/c21-16-7-3-13(4-8-16)19-23-18(24-27-19)15-2-1-11-25(12-15)20(26)14-5-9-17(22)10-6-14/h3-10,15H,1-2,11-12H2/t15-/m0/s1. The van der Waals surface area contributed by atoms with E-state index in [1.807, 2.05) is 0 Å². The maximum atomic E-state index is 13.1. The Labute approximate surface area is 154 Å². The second-order valence-electron chi connectivity index (χ2n) is 6.56. The molecular weight excluding hydrogens is 352 g/mol. The number of piperidine rings is 1. The quantitative estimate of drug-likeness (QED) is 0.699. The average Bonchev–Trinajstić information content (AvgIpc) is 3.19. The highest BCUT2D eigenvalue weighted by Gasteiger charge is 2.28. The monoisotopic (exact) mass is 369 g/mol. The first-order chi connectivity index (χ1) is 13.1.